The predicted molar refractivity (Wildman–Crippen MR) is 100 cm³/mol. The normalized spacial score (nSPS) is 13.2. The lowest BCUT2D eigenvalue weighted by atomic mass is 10.0. The first-order chi connectivity index (χ1) is 12.0. The van der Waals surface area contributed by atoms with Crippen molar-refractivity contribution in [1.82, 2.24) is 0 Å². The van der Waals surface area contributed by atoms with Crippen molar-refractivity contribution in [3.05, 3.63) is 64.7 Å². The maximum Gasteiger partial charge on any atom is 0.261 e. The second-order valence-electron chi connectivity index (χ2n) is 6.01. The van der Waals surface area contributed by atoms with E-state index >= 15 is 0 Å². The molecule has 3 aromatic carbocycles. The fourth-order valence-electron chi connectivity index (χ4n) is 3.35. The number of hydrogen-bond donors (Lipinski definition) is 1. The largest absolute Gasteiger partial charge is 0.495 e. The van der Waals surface area contributed by atoms with Gasteiger partial charge in [0, 0.05) is 5.39 Å². The van der Waals surface area contributed by atoms with Crippen molar-refractivity contribution < 1.29 is 13.2 Å². The third-order valence-corrected chi connectivity index (χ3v) is 6.21. The number of hydrogen-bond acceptors (Lipinski definition) is 3. The molecule has 0 aliphatic heterocycles. The fourth-order valence-corrected chi connectivity index (χ4v) is 4.78. The third kappa shape index (κ3) is 2.73. The number of sulfonamides is 1. The number of nitrogens with one attached hydrogen (secondary N) is 1. The van der Waals surface area contributed by atoms with Gasteiger partial charge in [-0.1, -0.05) is 35.9 Å². The van der Waals surface area contributed by atoms with E-state index in [1.165, 1.54) is 30.4 Å². The SMILES string of the molecule is COc1ccc(S(=O)(=O)Nc2ccc3c4c(cccc24)CC3)cc1Cl. The van der Waals surface area contributed by atoms with Crippen molar-refractivity contribution >= 4 is 38.1 Å². The van der Waals surface area contributed by atoms with Crippen LogP contribution >= 0.6 is 11.6 Å². The highest BCUT2D eigenvalue weighted by atomic mass is 35.5. The van der Waals surface area contributed by atoms with Gasteiger partial charge in [-0.3, -0.25) is 4.72 Å². The summed E-state index contributed by atoms with van der Waals surface area (Å²) >= 11 is 6.07. The Morgan fingerprint density at radius 3 is 2.52 bits per heavy atom. The summed E-state index contributed by atoms with van der Waals surface area (Å²) in [5, 5.41) is 2.34. The minimum atomic E-state index is -3.75. The molecule has 0 saturated carbocycles. The number of rotatable bonds is 4. The zero-order chi connectivity index (χ0) is 17.6. The highest BCUT2D eigenvalue weighted by Gasteiger charge is 2.20. The van der Waals surface area contributed by atoms with Crippen molar-refractivity contribution in [3.63, 3.8) is 0 Å². The Kier molecular flexibility index (Phi) is 3.85. The maximum atomic E-state index is 12.8. The highest BCUT2D eigenvalue weighted by Crippen LogP contribution is 2.36. The predicted octanol–water partition coefficient (Wildman–Crippen LogP) is 4.40. The molecule has 4 rings (SSSR count). The van der Waals surface area contributed by atoms with Crippen LogP contribution < -0.4 is 9.46 Å². The molecule has 0 heterocycles. The summed E-state index contributed by atoms with van der Waals surface area (Å²) in [6.07, 6.45) is 1.99. The first kappa shape index (κ1) is 16.2. The average Bonchev–Trinajstić information content (AvgIpc) is 3.02. The molecule has 4 nitrogen and oxygen atoms in total. The van der Waals surface area contributed by atoms with Gasteiger partial charge in [0.25, 0.3) is 10.0 Å². The van der Waals surface area contributed by atoms with E-state index < -0.39 is 10.0 Å². The molecule has 0 fully saturated rings. The van der Waals surface area contributed by atoms with E-state index in [1.807, 2.05) is 24.3 Å². The van der Waals surface area contributed by atoms with Crippen LogP contribution in [0.5, 0.6) is 5.75 Å². The zero-order valence-corrected chi connectivity index (χ0v) is 15.1. The van der Waals surface area contributed by atoms with Gasteiger partial charge in [0.05, 0.1) is 22.7 Å². The summed E-state index contributed by atoms with van der Waals surface area (Å²) < 4.78 is 33.3. The molecule has 0 aromatic heterocycles. The Balaban J connectivity index is 1.78. The first-order valence-electron chi connectivity index (χ1n) is 7.89. The standard InChI is InChI=1S/C19H16ClNO3S/c1-24-18-10-8-14(11-16(18)20)25(22,23)21-17-9-7-13-6-5-12-3-2-4-15(17)19(12)13/h2-4,7-11,21H,5-6H2,1H3. The number of methoxy groups -OCH3 is 1. The number of halogens is 1. The van der Waals surface area contributed by atoms with Crippen LogP contribution in [-0.2, 0) is 22.9 Å². The lowest BCUT2D eigenvalue weighted by Crippen LogP contribution is -2.13. The van der Waals surface area contributed by atoms with Crippen LogP contribution in [0.1, 0.15) is 11.1 Å². The van der Waals surface area contributed by atoms with Crippen molar-refractivity contribution in [3.8, 4) is 5.75 Å². The molecular formula is C19H16ClNO3S. The van der Waals surface area contributed by atoms with E-state index in [0.29, 0.717) is 11.4 Å². The minimum absolute atomic E-state index is 0.0987. The lowest BCUT2D eigenvalue weighted by molar-refractivity contribution is 0.414. The summed E-state index contributed by atoms with van der Waals surface area (Å²) in [4.78, 5) is 0.0987. The van der Waals surface area contributed by atoms with Crippen LogP contribution in [0.25, 0.3) is 10.8 Å². The Bertz CT molecular complexity index is 1080. The summed E-state index contributed by atoms with van der Waals surface area (Å²) in [6, 6.07) is 14.3. The van der Waals surface area contributed by atoms with Gasteiger partial charge in [-0.25, -0.2) is 8.42 Å². The van der Waals surface area contributed by atoms with Crippen molar-refractivity contribution in [1.29, 1.82) is 0 Å². The topological polar surface area (TPSA) is 55.4 Å². The molecule has 1 N–H and O–H groups in total. The van der Waals surface area contributed by atoms with Crippen LogP contribution in [0.4, 0.5) is 5.69 Å². The summed E-state index contributed by atoms with van der Waals surface area (Å²) in [6.45, 7) is 0. The molecule has 6 heteroatoms. The third-order valence-electron chi connectivity index (χ3n) is 4.55. The monoisotopic (exact) mass is 373 g/mol. The molecule has 0 unspecified atom stereocenters. The van der Waals surface area contributed by atoms with Crippen LogP contribution in [-0.4, -0.2) is 15.5 Å². The second kappa shape index (κ2) is 5.93. The Labute approximate surface area is 151 Å². The minimum Gasteiger partial charge on any atom is -0.495 e. The molecule has 0 amide bonds. The molecule has 0 saturated heterocycles. The van der Waals surface area contributed by atoms with Crippen LogP contribution in [0.2, 0.25) is 5.02 Å². The number of ether oxygens (including phenoxy) is 1. The van der Waals surface area contributed by atoms with E-state index in [1.54, 1.807) is 6.07 Å². The number of anilines is 1. The van der Waals surface area contributed by atoms with E-state index in [-0.39, 0.29) is 9.92 Å². The molecule has 1 aliphatic rings. The zero-order valence-electron chi connectivity index (χ0n) is 13.5. The van der Waals surface area contributed by atoms with Crippen LogP contribution in [0.15, 0.2) is 53.4 Å². The molecule has 1 aliphatic carbocycles. The Morgan fingerprint density at radius 2 is 1.80 bits per heavy atom. The molecule has 25 heavy (non-hydrogen) atoms. The van der Waals surface area contributed by atoms with Gasteiger partial charge in [-0.2, -0.15) is 0 Å². The van der Waals surface area contributed by atoms with Gasteiger partial charge >= 0.3 is 0 Å². The smallest absolute Gasteiger partial charge is 0.261 e. The molecule has 3 aromatic rings. The summed E-state index contributed by atoms with van der Waals surface area (Å²) in [7, 11) is -2.26. The van der Waals surface area contributed by atoms with E-state index in [0.717, 1.165) is 23.6 Å². The van der Waals surface area contributed by atoms with Gasteiger partial charge < -0.3 is 4.74 Å². The van der Waals surface area contributed by atoms with E-state index in [2.05, 4.69) is 10.8 Å². The van der Waals surface area contributed by atoms with Gasteiger partial charge in [0.15, 0.2) is 0 Å². The quantitative estimate of drug-likeness (QED) is 0.737. The van der Waals surface area contributed by atoms with Gasteiger partial charge in [0.2, 0.25) is 0 Å². The fraction of sp³-hybridized carbons (Fsp3) is 0.158. The number of benzene rings is 3. The molecule has 0 radical (unpaired) electrons. The molecule has 128 valence electrons. The van der Waals surface area contributed by atoms with Crippen LogP contribution in [0, 0.1) is 0 Å². The maximum absolute atomic E-state index is 12.8. The van der Waals surface area contributed by atoms with Crippen LogP contribution in [0.3, 0.4) is 0 Å². The number of aryl methyl sites for hydroxylation is 2. The van der Waals surface area contributed by atoms with Gasteiger partial charge in [-0.05, 0) is 53.6 Å². The van der Waals surface area contributed by atoms with Gasteiger partial charge in [0.1, 0.15) is 5.75 Å². The second-order valence-corrected chi connectivity index (χ2v) is 8.10. The molecular weight excluding hydrogens is 358 g/mol. The van der Waals surface area contributed by atoms with E-state index in [4.69, 9.17) is 16.3 Å². The van der Waals surface area contributed by atoms with Crippen molar-refractivity contribution in [2.24, 2.45) is 0 Å². The molecule has 0 bridgehead atoms. The summed E-state index contributed by atoms with van der Waals surface area (Å²) in [5.74, 6) is 0.436. The highest BCUT2D eigenvalue weighted by molar-refractivity contribution is 7.92. The Morgan fingerprint density at radius 1 is 1.04 bits per heavy atom. The Hall–Kier alpha value is -2.24. The van der Waals surface area contributed by atoms with Crippen molar-refractivity contribution in [2.45, 2.75) is 17.7 Å². The lowest BCUT2D eigenvalue weighted by Gasteiger charge is -2.13. The van der Waals surface area contributed by atoms with E-state index in [9.17, 15) is 8.42 Å². The average molecular weight is 374 g/mol. The van der Waals surface area contributed by atoms with Crippen molar-refractivity contribution in [2.75, 3.05) is 11.8 Å². The van der Waals surface area contributed by atoms with Gasteiger partial charge in [-0.15, -0.1) is 0 Å². The first-order valence-corrected chi connectivity index (χ1v) is 9.75. The molecule has 0 spiro atoms. The summed E-state index contributed by atoms with van der Waals surface area (Å²) in [5.41, 5.74) is 3.11. The molecule has 0 atom stereocenters.